The van der Waals surface area contributed by atoms with Gasteiger partial charge in [0.1, 0.15) is 0 Å². The van der Waals surface area contributed by atoms with Gasteiger partial charge >= 0.3 is 0 Å². The van der Waals surface area contributed by atoms with E-state index in [1.807, 2.05) is 19.9 Å². The Bertz CT molecular complexity index is 717. The molecular weight excluding hydrogens is 320 g/mol. The lowest BCUT2D eigenvalue weighted by Crippen LogP contribution is -2.32. The zero-order chi connectivity index (χ0) is 18.1. The van der Waals surface area contributed by atoms with Crippen LogP contribution in [0.25, 0.3) is 0 Å². The molecular formula is C19H22N2O4. The molecule has 0 heterocycles. The highest BCUT2D eigenvalue weighted by Gasteiger charge is 2.10. The van der Waals surface area contributed by atoms with Gasteiger partial charge in [0, 0.05) is 17.3 Å². The SMILES string of the molecule is CCOc1ccc(NC(=O)CNC(=O)c2ccccc2)cc1OCC. The number of carbonyl (C=O) groups is 2. The number of rotatable bonds is 8. The summed E-state index contributed by atoms with van der Waals surface area (Å²) in [7, 11) is 0. The number of hydrogen-bond donors (Lipinski definition) is 2. The molecule has 2 amide bonds. The smallest absolute Gasteiger partial charge is 0.251 e. The van der Waals surface area contributed by atoms with E-state index >= 15 is 0 Å². The predicted octanol–water partition coefficient (Wildman–Crippen LogP) is 2.85. The highest BCUT2D eigenvalue weighted by molar-refractivity contribution is 5.99. The van der Waals surface area contributed by atoms with E-state index in [2.05, 4.69) is 10.6 Å². The highest BCUT2D eigenvalue weighted by atomic mass is 16.5. The molecule has 0 atom stereocenters. The Balaban J connectivity index is 1.93. The number of benzene rings is 2. The summed E-state index contributed by atoms with van der Waals surface area (Å²) in [6, 6.07) is 13.9. The molecule has 0 unspecified atom stereocenters. The van der Waals surface area contributed by atoms with Crippen molar-refractivity contribution in [3.05, 3.63) is 54.1 Å². The van der Waals surface area contributed by atoms with Gasteiger partial charge in [-0.05, 0) is 38.1 Å². The van der Waals surface area contributed by atoms with Crippen molar-refractivity contribution in [1.82, 2.24) is 5.32 Å². The van der Waals surface area contributed by atoms with Crippen LogP contribution in [0.3, 0.4) is 0 Å². The monoisotopic (exact) mass is 342 g/mol. The molecule has 6 heteroatoms. The van der Waals surface area contributed by atoms with Crippen LogP contribution in [0.2, 0.25) is 0 Å². The number of ether oxygens (including phenoxy) is 2. The molecule has 0 aliphatic rings. The molecule has 0 aliphatic carbocycles. The van der Waals surface area contributed by atoms with Crippen LogP contribution in [0.5, 0.6) is 11.5 Å². The number of carbonyl (C=O) groups excluding carboxylic acids is 2. The largest absolute Gasteiger partial charge is 0.490 e. The highest BCUT2D eigenvalue weighted by Crippen LogP contribution is 2.30. The van der Waals surface area contributed by atoms with Gasteiger partial charge in [0.15, 0.2) is 11.5 Å². The second kappa shape index (κ2) is 9.32. The second-order valence-electron chi connectivity index (χ2n) is 5.12. The van der Waals surface area contributed by atoms with Crippen molar-refractivity contribution in [3.63, 3.8) is 0 Å². The van der Waals surface area contributed by atoms with Crippen molar-refractivity contribution in [2.45, 2.75) is 13.8 Å². The lowest BCUT2D eigenvalue weighted by Gasteiger charge is -2.13. The van der Waals surface area contributed by atoms with Crippen LogP contribution in [0.4, 0.5) is 5.69 Å². The van der Waals surface area contributed by atoms with Crippen molar-refractivity contribution in [2.24, 2.45) is 0 Å². The molecule has 2 rings (SSSR count). The Morgan fingerprint density at radius 1 is 0.920 bits per heavy atom. The van der Waals surface area contributed by atoms with Crippen molar-refractivity contribution < 1.29 is 19.1 Å². The molecule has 132 valence electrons. The van der Waals surface area contributed by atoms with Crippen molar-refractivity contribution in [1.29, 1.82) is 0 Å². The predicted molar refractivity (Wildman–Crippen MR) is 96.2 cm³/mol. The van der Waals surface area contributed by atoms with Gasteiger partial charge in [-0.3, -0.25) is 9.59 Å². The third-order valence-corrected chi connectivity index (χ3v) is 3.27. The van der Waals surface area contributed by atoms with Crippen LogP contribution in [0.1, 0.15) is 24.2 Å². The summed E-state index contributed by atoms with van der Waals surface area (Å²) in [5.74, 6) is 0.573. The van der Waals surface area contributed by atoms with E-state index in [-0.39, 0.29) is 18.4 Å². The molecule has 25 heavy (non-hydrogen) atoms. The van der Waals surface area contributed by atoms with Crippen molar-refractivity contribution in [2.75, 3.05) is 25.1 Å². The van der Waals surface area contributed by atoms with Gasteiger partial charge in [-0.2, -0.15) is 0 Å². The molecule has 2 aromatic rings. The number of hydrogen-bond acceptors (Lipinski definition) is 4. The summed E-state index contributed by atoms with van der Waals surface area (Å²) in [5.41, 5.74) is 1.08. The molecule has 2 N–H and O–H groups in total. The number of amides is 2. The summed E-state index contributed by atoms with van der Waals surface area (Å²) in [6.45, 7) is 4.66. The Morgan fingerprint density at radius 3 is 2.28 bits per heavy atom. The summed E-state index contributed by atoms with van der Waals surface area (Å²) in [6.07, 6.45) is 0. The maximum Gasteiger partial charge on any atom is 0.251 e. The normalized spacial score (nSPS) is 10.0. The minimum atomic E-state index is -0.323. The van der Waals surface area contributed by atoms with Crippen LogP contribution in [-0.4, -0.2) is 31.6 Å². The minimum absolute atomic E-state index is 0.120. The first-order valence-electron chi connectivity index (χ1n) is 8.16. The van der Waals surface area contributed by atoms with E-state index in [1.54, 1.807) is 42.5 Å². The van der Waals surface area contributed by atoms with Gasteiger partial charge in [0.2, 0.25) is 5.91 Å². The molecule has 0 saturated heterocycles. The third-order valence-electron chi connectivity index (χ3n) is 3.27. The van der Waals surface area contributed by atoms with Gasteiger partial charge in [-0.25, -0.2) is 0 Å². The maximum atomic E-state index is 12.0. The van der Waals surface area contributed by atoms with Gasteiger partial charge in [0.05, 0.1) is 19.8 Å². The zero-order valence-electron chi connectivity index (χ0n) is 14.4. The van der Waals surface area contributed by atoms with Gasteiger partial charge in [-0.15, -0.1) is 0 Å². The minimum Gasteiger partial charge on any atom is -0.490 e. The Hall–Kier alpha value is -3.02. The number of anilines is 1. The summed E-state index contributed by atoms with van der Waals surface area (Å²) < 4.78 is 11.0. The number of nitrogens with one attached hydrogen (secondary N) is 2. The Kier molecular flexibility index (Phi) is 6.83. The average molecular weight is 342 g/mol. The molecule has 2 aromatic carbocycles. The van der Waals surface area contributed by atoms with Crippen LogP contribution in [0.15, 0.2) is 48.5 Å². The summed E-state index contributed by atoms with van der Waals surface area (Å²) in [4.78, 5) is 24.0. The summed E-state index contributed by atoms with van der Waals surface area (Å²) >= 11 is 0. The van der Waals surface area contributed by atoms with Crippen LogP contribution < -0.4 is 20.1 Å². The lowest BCUT2D eigenvalue weighted by molar-refractivity contribution is -0.115. The molecule has 0 fully saturated rings. The first-order valence-corrected chi connectivity index (χ1v) is 8.16. The topological polar surface area (TPSA) is 76.7 Å². The Morgan fingerprint density at radius 2 is 1.60 bits per heavy atom. The van der Waals surface area contributed by atoms with E-state index in [9.17, 15) is 9.59 Å². The first kappa shape index (κ1) is 18.3. The molecule has 0 saturated carbocycles. The van der Waals surface area contributed by atoms with Crippen LogP contribution >= 0.6 is 0 Å². The van der Waals surface area contributed by atoms with Gasteiger partial charge in [-0.1, -0.05) is 18.2 Å². The second-order valence-corrected chi connectivity index (χ2v) is 5.12. The molecule has 0 radical (unpaired) electrons. The average Bonchev–Trinajstić information content (AvgIpc) is 2.63. The summed E-state index contributed by atoms with van der Waals surface area (Å²) in [5, 5.41) is 5.31. The maximum absolute atomic E-state index is 12.0. The molecule has 6 nitrogen and oxygen atoms in total. The van der Waals surface area contributed by atoms with Crippen LogP contribution in [-0.2, 0) is 4.79 Å². The molecule has 0 bridgehead atoms. The molecule has 0 aliphatic heterocycles. The van der Waals surface area contributed by atoms with Crippen molar-refractivity contribution >= 4 is 17.5 Å². The standard InChI is InChI=1S/C19H22N2O4/c1-3-24-16-11-10-15(12-17(16)25-4-2)21-18(22)13-20-19(23)14-8-6-5-7-9-14/h5-12H,3-4,13H2,1-2H3,(H,20,23)(H,21,22). The quantitative estimate of drug-likeness (QED) is 0.773. The molecule has 0 aromatic heterocycles. The van der Waals surface area contributed by atoms with E-state index in [4.69, 9.17) is 9.47 Å². The van der Waals surface area contributed by atoms with E-state index in [0.717, 1.165) is 0 Å². The van der Waals surface area contributed by atoms with E-state index in [0.29, 0.717) is 36.0 Å². The Labute approximate surface area is 147 Å². The van der Waals surface area contributed by atoms with Crippen LogP contribution in [0, 0.1) is 0 Å². The van der Waals surface area contributed by atoms with Gasteiger partial charge < -0.3 is 20.1 Å². The van der Waals surface area contributed by atoms with E-state index < -0.39 is 0 Å². The molecule has 0 spiro atoms. The fourth-order valence-electron chi connectivity index (χ4n) is 2.19. The lowest BCUT2D eigenvalue weighted by atomic mass is 10.2. The zero-order valence-corrected chi connectivity index (χ0v) is 14.4. The van der Waals surface area contributed by atoms with Crippen molar-refractivity contribution in [3.8, 4) is 11.5 Å². The fraction of sp³-hybridized carbons (Fsp3) is 0.263. The fourth-order valence-corrected chi connectivity index (χ4v) is 2.19. The first-order chi connectivity index (χ1) is 12.1. The van der Waals surface area contributed by atoms with E-state index in [1.165, 1.54) is 0 Å². The van der Waals surface area contributed by atoms with Gasteiger partial charge in [0.25, 0.3) is 5.91 Å². The third kappa shape index (κ3) is 5.53.